The molecular weight excluding hydrogens is 250 g/mol. The molecule has 0 spiro atoms. The second kappa shape index (κ2) is 8.00. The third-order valence-electron chi connectivity index (χ3n) is 2.52. The van der Waals surface area contributed by atoms with Gasteiger partial charge in [0.25, 0.3) is 0 Å². The van der Waals surface area contributed by atoms with Crippen molar-refractivity contribution in [2.24, 2.45) is 5.73 Å². The zero-order valence-corrected chi connectivity index (χ0v) is 11.1. The Labute approximate surface area is 113 Å². The van der Waals surface area contributed by atoms with Gasteiger partial charge in [-0.2, -0.15) is 12.6 Å². The number of carboxylic acids is 1. The lowest BCUT2D eigenvalue weighted by molar-refractivity contribution is -0.138. The van der Waals surface area contributed by atoms with E-state index in [2.05, 4.69) is 12.6 Å². The minimum Gasteiger partial charge on any atom is -0.494 e. The van der Waals surface area contributed by atoms with Gasteiger partial charge >= 0.3 is 5.97 Å². The molecule has 0 amide bonds. The van der Waals surface area contributed by atoms with Crippen LogP contribution in [-0.2, 0) is 11.2 Å². The Morgan fingerprint density at radius 1 is 1.33 bits per heavy atom. The molecule has 18 heavy (non-hydrogen) atoms. The van der Waals surface area contributed by atoms with Crippen molar-refractivity contribution >= 4 is 18.6 Å². The van der Waals surface area contributed by atoms with Crippen molar-refractivity contribution in [1.82, 2.24) is 0 Å². The standard InChI is InChI=1S/C13H19NO3S/c14-12(13(15)16)9-10-3-5-11(6-4-10)17-7-1-2-8-18/h3-6,12,18H,1-2,7-9,14H2,(H,15,16)/t12-/m0/s1. The van der Waals surface area contributed by atoms with Gasteiger partial charge < -0.3 is 15.6 Å². The van der Waals surface area contributed by atoms with E-state index in [1.54, 1.807) is 0 Å². The van der Waals surface area contributed by atoms with Crippen LogP contribution in [0.1, 0.15) is 18.4 Å². The van der Waals surface area contributed by atoms with Gasteiger partial charge in [0, 0.05) is 0 Å². The second-order valence-electron chi connectivity index (χ2n) is 4.07. The van der Waals surface area contributed by atoms with Crippen LogP contribution in [0.5, 0.6) is 5.75 Å². The monoisotopic (exact) mass is 269 g/mol. The van der Waals surface area contributed by atoms with Crippen LogP contribution in [0.3, 0.4) is 0 Å². The molecule has 0 saturated carbocycles. The maximum absolute atomic E-state index is 10.6. The van der Waals surface area contributed by atoms with Gasteiger partial charge in [-0.15, -0.1) is 0 Å². The van der Waals surface area contributed by atoms with Gasteiger partial charge in [-0.1, -0.05) is 12.1 Å². The van der Waals surface area contributed by atoms with Gasteiger partial charge in [-0.3, -0.25) is 4.79 Å². The lowest BCUT2D eigenvalue weighted by Gasteiger charge is -2.08. The number of thiol groups is 1. The largest absolute Gasteiger partial charge is 0.494 e. The Balaban J connectivity index is 2.40. The maximum Gasteiger partial charge on any atom is 0.320 e. The van der Waals surface area contributed by atoms with E-state index in [1.165, 1.54) is 0 Å². The normalized spacial score (nSPS) is 12.1. The van der Waals surface area contributed by atoms with Crippen LogP contribution in [0.15, 0.2) is 24.3 Å². The zero-order valence-electron chi connectivity index (χ0n) is 10.2. The SMILES string of the molecule is N[C@@H](Cc1ccc(OCCCCS)cc1)C(=O)O. The van der Waals surface area contributed by atoms with Crippen molar-refractivity contribution in [2.75, 3.05) is 12.4 Å². The summed E-state index contributed by atoms with van der Waals surface area (Å²) in [4.78, 5) is 10.6. The first-order valence-electron chi connectivity index (χ1n) is 5.94. The first kappa shape index (κ1) is 14.9. The van der Waals surface area contributed by atoms with E-state index in [0.717, 1.165) is 29.9 Å². The number of hydrogen-bond donors (Lipinski definition) is 3. The molecular formula is C13H19NO3S. The second-order valence-corrected chi connectivity index (χ2v) is 4.52. The molecule has 0 unspecified atom stereocenters. The summed E-state index contributed by atoms with van der Waals surface area (Å²) in [7, 11) is 0. The van der Waals surface area contributed by atoms with E-state index >= 15 is 0 Å². The lowest BCUT2D eigenvalue weighted by Crippen LogP contribution is -2.32. The van der Waals surface area contributed by atoms with Crippen LogP contribution in [0.25, 0.3) is 0 Å². The Bertz CT molecular complexity index is 367. The number of hydrogen-bond acceptors (Lipinski definition) is 4. The molecule has 4 nitrogen and oxygen atoms in total. The lowest BCUT2D eigenvalue weighted by atomic mass is 10.1. The molecule has 0 aliphatic rings. The van der Waals surface area contributed by atoms with E-state index in [1.807, 2.05) is 24.3 Å². The number of aliphatic carboxylic acids is 1. The third-order valence-corrected chi connectivity index (χ3v) is 2.83. The fraction of sp³-hybridized carbons (Fsp3) is 0.462. The number of unbranched alkanes of at least 4 members (excludes halogenated alkanes) is 1. The quantitative estimate of drug-likeness (QED) is 0.496. The Morgan fingerprint density at radius 3 is 2.56 bits per heavy atom. The van der Waals surface area contributed by atoms with Crippen molar-refractivity contribution in [3.05, 3.63) is 29.8 Å². The fourth-order valence-electron chi connectivity index (χ4n) is 1.47. The van der Waals surface area contributed by atoms with Crippen LogP contribution in [-0.4, -0.2) is 29.5 Å². The van der Waals surface area contributed by atoms with Gasteiger partial charge in [0.05, 0.1) is 6.61 Å². The molecule has 3 N–H and O–H groups in total. The Kier molecular flexibility index (Phi) is 6.60. The van der Waals surface area contributed by atoms with Crippen LogP contribution >= 0.6 is 12.6 Å². The Morgan fingerprint density at radius 2 is 2.00 bits per heavy atom. The summed E-state index contributed by atoms with van der Waals surface area (Å²) in [5.41, 5.74) is 6.36. The smallest absolute Gasteiger partial charge is 0.320 e. The number of carboxylic acid groups (broad SMARTS) is 1. The minimum atomic E-state index is -0.984. The van der Waals surface area contributed by atoms with Crippen LogP contribution in [0.2, 0.25) is 0 Å². The van der Waals surface area contributed by atoms with Crippen molar-refractivity contribution in [3.63, 3.8) is 0 Å². The van der Waals surface area contributed by atoms with Gasteiger partial charge in [0.1, 0.15) is 11.8 Å². The molecule has 5 heteroatoms. The van der Waals surface area contributed by atoms with Crippen molar-refractivity contribution < 1.29 is 14.6 Å². The summed E-state index contributed by atoms with van der Waals surface area (Å²) in [5.74, 6) is 0.680. The molecule has 1 aromatic carbocycles. The summed E-state index contributed by atoms with van der Waals surface area (Å²) in [5, 5.41) is 8.71. The van der Waals surface area contributed by atoms with E-state index in [4.69, 9.17) is 15.6 Å². The average Bonchev–Trinajstić information content (AvgIpc) is 2.36. The number of nitrogens with two attached hydrogens (primary N) is 1. The highest BCUT2D eigenvalue weighted by Crippen LogP contribution is 2.13. The van der Waals surface area contributed by atoms with Crippen LogP contribution < -0.4 is 10.5 Å². The van der Waals surface area contributed by atoms with E-state index < -0.39 is 12.0 Å². The molecule has 0 heterocycles. The average molecular weight is 269 g/mol. The number of ether oxygens (including phenoxy) is 1. The maximum atomic E-state index is 10.6. The van der Waals surface area contributed by atoms with E-state index in [-0.39, 0.29) is 0 Å². The molecule has 0 aliphatic carbocycles. The predicted molar refractivity (Wildman–Crippen MR) is 74.3 cm³/mol. The molecule has 0 saturated heterocycles. The van der Waals surface area contributed by atoms with E-state index in [0.29, 0.717) is 13.0 Å². The molecule has 0 bridgehead atoms. The number of rotatable bonds is 8. The molecule has 1 atom stereocenters. The topological polar surface area (TPSA) is 72.5 Å². The molecule has 0 radical (unpaired) electrons. The first-order chi connectivity index (χ1) is 8.63. The van der Waals surface area contributed by atoms with Gasteiger partial charge in [-0.25, -0.2) is 0 Å². The van der Waals surface area contributed by atoms with Crippen molar-refractivity contribution in [1.29, 1.82) is 0 Å². The predicted octanol–water partition coefficient (Wildman–Crippen LogP) is 1.73. The van der Waals surface area contributed by atoms with Crippen LogP contribution in [0, 0.1) is 0 Å². The molecule has 100 valence electrons. The summed E-state index contributed by atoms with van der Waals surface area (Å²) in [6, 6.07) is 6.51. The molecule has 0 aliphatic heterocycles. The summed E-state index contributed by atoms with van der Waals surface area (Å²) in [6.07, 6.45) is 2.35. The molecule has 1 aromatic rings. The molecule has 1 rings (SSSR count). The Hall–Kier alpha value is -1.20. The first-order valence-corrected chi connectivity index (χ1v) is 6.57. The van der Waals surface area contributed by atoms with Crippen LogP contribution in [0.4, 0.5) is 0 Å². The summed E-state index contributed by atoms with van der Waals surface area (Å²) in [6.45, 7) is 0.675. The molecule has 0 aromatic heterocycles. The number of carbonyl (C=O) groups is 1. The minimum absolute atomic E-state index is 0.329. The van der Waals surface area contributed by atoms with Crippen molar-refractivity contribution in [2.45, 2.75) is 25.3 Å². The fourth-order valence-corrected chi connectivity index (χ4v) is 1.69. The van der Waals surface area contributed by atoms with Gasteiger partial charge in [0.15, 0.2) is 0 Å². The zero-order chi connectivity index (χ0) is 13.4. The van der Waals surface area contributed by atoms with Gasteiger partial charge in [-0.05, 0) is 42.7 Å². The summed E-state index contributed by atoms with van der Waals surface area (Å²) >= 11 is 4.13. The number of benzene rings is 1. The third kappa shape index (κ3) is 5.42. The van der Waals surface area contributed by atoms with Gasteiger partial charge in [0.2, 0.25) is 0 Å². The highest BCUT2D eigenvalue weighted by molar-refractivity contribution is 7.80. The van der Waals surface area contributed by atoms with Crippen molar-refractivity contribution in [3.8, 4) is 5.75 Å². The summed E-state index contributed by atoms with van der Waals surface area (Å²) < 4.78 is 5.53. The molecule has 0 fully saturated rings. The van der Waals surface area contributed by atoms with E-state index in [9.17, 15) is 4.79 Å². The highest BCUT2D eigenvalue weighted by Gasteiger charge is 2.11. The highest BCUT2D eigenvalue weighted by atomic mass is 32.1.